The third-order valence-corrected chi connectivity index (χ3v) is 4.39. The molecule has 2 atom stereocenters. The second-order valence-corrected chi connectivity index (χ2v) is 6.38. The van der Waals surface area contributed by atoms with Gasteiger partial charge < -0.3 is 4.90 Å². The van der Waals surface area contributed by atoms with Crippen LogP contribution in [0.25, 0.3) is 0 Å². The van der Waals surface area contributed by atoms with Gasteiger partial charge in [0.25, 0.3) is 0 Å². The number of alkyl halides is 1. The molecule has 0 aromatic carbocycles. The van der Waals surface area contributed by atoms with Crippen LogP contribution in [0.3, 0.4) is 0 Å². The highest BCUT2D eigenvalue weighted by Crippen LogP contribution is 2.24. The van der Waals surface area contributed by atoms with Crippen LogP contribution in [0.1, 0.15) is 12.1 Å². The molecule has 1 saturated heterocycles. The summed E-state index contributed by atoms with van der Waals surface area (Å²) in [6.07, 6.45) is 4.63. The average molecular weight is 339 g/mol. The van der Waals surface area contributed by atoms with E-state index in [4.69, 9.17) is 11.6 Å². The molecule has 1 aliphatic heterocycles. The number of aryl methyl sites for hydroxylation is 1. The van der Waals surface area contributed by atoms with Gasteiger partial charge in [-0.15, -0.1) is 0 Å². The Kier molecular flexibility index (Phi) is 4.77. The fraction of sp³-hybridized carbons (Fsp3) is 0.533. The predicted molar refractivity (Wildman–Crippen MR) is 87.2 cm³/mol. The predicted octanol–water partition coefficient (Wildman–Crippen LogP) is 1.91. The van der Waals surface area contributed by atoms with Crippen molar-refractivity contribution in [3.8, 4) is 0 Å². The van der Waals surface area contributed by atoms with Crippen LogP contribution in [0.2, 0.25) is 5.02 Å². The number of hydrogen-bond acceptors (Lipinski definition) is 5. The van der Waals surface area contributed by atoms with Gasteiger partial charge in [-0.3, -0.25) is 9.58 Å². The summed E-state index contributed by atoms with van der Waals surface area (Å²) in [5.41, 5.74) is 1.08. The molecule has 3 rings (SSSR count). The lowest BCUT2D eigenvalue weighted by molar-refractivity contribution is 0.231. The zero-order valence-corrected chi connectivity index (χ0v) is 14.0. The molecule has 0 radical (unpaired) electrons. The third-order valence-electron chi connectivity index (χ3n) is 4.20. The highest BCUT2D eigenvalue weighted by Gasteiger charge is 2.33. The summed E-state index contributed by atoms with van der Waals surface area (Å²) < 4.78 is 15.8. The first-order valence-electron chi connectivity index (χ1n) is 7.56. The molecule has 0 unspecified atom stereocenters. The van der Waals surface area contributed by atoms with E-state index in [1.807, 2.05) is 29.7 Å². The minimum Gasteiger partial charge on any atom is -0.342 e. The maximum Gasteiger partial charge on any atom is 0.225 e. The van der Waals surface area contributed by atoms with Crippen molar-refractivity contribution in [1.82, 2.24) is 24.6 Å². The summed E-state index contributed by atoms with van der Waals surface area (Å²) in [6.45, 7) is 1.81. The third kappa shape index (κ3) is 3.79. The van der Waals surface area contributed by atoms with E-state index in [-0.39, 0.29) is 6.04 Å². The number of rotatable bonds is 5. The zero-order valence-electron chi connectivity index (χ0n) is 13.2. The fourth-order valence-electron chi connectivity index (χ4n) is 2.97. The molecule has 2 aromatic heterocycles. The van der Waals surface area contributed by atoms with Crippen molar-refractivity contribution < 1.29 is 4.39 Å². The van der Waals surface area contributed by atoms with Crippen LogP contribution in [-0.4, -0.2) is 57.0 Å². The van der Waals surface area contributed by atoms with E-state index in [2.05, 4.69) is 20.0 Å². The van der Waals surface area contributed by atoms with E-state index < -0.39 is 6.17 Å². The normalized spacial score (nSPS) is 21.7. The van der Waals surface area contributed by atoms with Crippen LogP contribution in [0.15, 0.2) is 24.7 Å². The van der Waals surface area contributed by atoms with Crippen molar-refractivity contribution in [1.29, 1.82) is 0 Å². The van der Waals surface area contributed by atoms with E-state index in [9.17, 15) is 4.39 Å². The highest BCUT2D eigenvalue weighted by molar-refractivity contribution is 6.30. The minimum absolute atomic E-state index is 0.115. The maximum absolute atomic E-state index is 13.9. The van der Waals surface area contributed by atoms with Gasteiger partial charge in [0.05, 0.1) is 23.1 Å². The average Bonchev–Trinajstić information content (AvgIpc) is 3.06. The molecule has 2 aromatic rings. The first-order valence-corrected chi connectivity index (χ1v) is 7.94. The highest BCUT2D eigenvalue weighted by atomic mass is 35.5. The lowest BCUT2D eigenvalue weighted by atomic mass is 10.2. The second-order valence-electron chi connectivity index (χ2n) is 5.94. The Balaban J connectivity index is 1.67. The van der Waals surface area contributed by atoms with Crippen LogP contribution < -0.4 is 4.90 Å². The molecule has 0 amide bonds. The summed E-state index contributed by atoms with van der Waals surface area (Å²) in [4.78, 5) is 12.5. The number of hydrogen-bond donors (Lipinski definition) is 0. The molecule has 1 aliphatic rings. The number of anilines is 1. The summed E-state index contributed by atoms with van der Waals surface area (Å²) in [6, 6.07) is 2.08. The molecule has 0 spiro atoms. The van der Waals surface area contributed by atoms with Gasteiger partial charge in [-0.2, -0.15) is 5.10 Å². The molecule has 6 nitrogen and oxygen atoms in total. The van der Waals surface area contributed by atoms with Gasteiger partial charge in [0.2, 0.25) is 5.95 Å². The second kappa shape index (κ2) is 6.80. The van der Waals surface area contributed by atoms with Crippen molar-refractivity contribution in [2.75, 3.05) is 25.0 Å². The number of likely N-dealkylation sites (N-methyl/N-ethyl adjacent to an activating group) is 1. The number of nitrogens with zero attached hydrogens (tertiary/aromatic N) is 6. The quantitative estimate of drug-likeness (QED) is 0.833. The van der Waals surface area contributed by atoms with Gasteiger partial charge in [0.15, 0.2) is 0 Å². The Hall–Kier alpha value is -1.73. The van der Waals surface area contributed by atoms with E-state index in [1.54, 1.807) is 18.6 Å². The molecule has 1 fully saturated rings. The Morgan fingerprint density at radius 3 is 2.78 bits per heavy atom. The first-order chi connectivity index (χ1) is 11.0. The summed E-state index contributed by atoms with van der Waals surface area (Å²) in [5.74, 6) is 0.595. The number of aromatic nitrogens is 4. The molecule has 3 heterocycles. The van der Waals surface area contributed by atoms with Crippen molar-refractivity contribution in [3.63, 3.8) is 0 Å². The summed E-state index contributed by atoms with van der Waals surface area (Å²) in [5, 5.41) is 4.68. The Labute approximate surface area is 139 Å². The standard InChI is InChI=1S/C15H20ClFN6/c1-21(15-18-6-11(16)7-19-15)9-14-5-12(17)8-23(14)10-13-3-4-20-22(13)2/h3-4,6-7,12,14H,5,8-10H2,1-2H3/t12-,14-/m0/s1. The SMILES string of the molecule is CN(C[C@@H]1C[C@H](F)CN1Cc1ccnn1C)c1ncc(Cl)cn1. The van der Waals surface area contributed by atoms with Gasteiger partial charge >= 0.3 is 0 Å². The molecule has 0 saturated carbocycles. The van der Waals surface area contributed by atoms with Gasteiger partial charge in [-0.1, -0.05) is 11.6 Å². The molecule has 0 aliphatic carbocycles. The molecule has 0 bridgehead atoms. The molecular weight excluding hydrogens is 319 g/mol. The van der Waals surface area contributed by atoms with Gasteiger partial charge in [-0.25, -0.2) is 14.4 Å². The van der Waals surface area contributed by atoms with Crippen molar-refractivity contribution in [3.05, 3.63) is 35.4 Å². The van der Waals surface area contributed by atoms with Crippen LogP contribution in [0.5, 0.6) is 0 Å². The molecule has 0 N–H and O–H groups in total. The number of halogens is 2. The Morgan fingerprint density at radius 2 is 2.13 bits per heavy atom. The van der Waals surface area contributed by atoms with E-state index in [0.29, 0.717) is 37.0 Å². The van der Waals surface area contributed by atoms with Crippen molar-refractivity contribution >= 4 is 17.5 Å². The zero-order chi connectivity index (χ0) is 16.4. The van der Waals surface area contributed by atoms with Crippen LogP contribution in [0, 0.1) is 0 Å². The molecule has 124 valence electrons. The molecule has 23 heavy (non-hydrogen) atoms. The number of likely N-dealkylation sites (tertiary alicyclic amines) is 1. The first kappa shape index (κ1) is 16.1. The topological polar surface area (TPSA) is 50.1 Å². The van der Waals surface area contributed by atoms with Gasteiger partial charge in [0.1, 0.15) is 6.17 Å². The smallest absolute Gasteiger partial charge is 0.225 e. The minimum atomic E-state index is -0.798. The fourth-order valence-corrected chi connectivity index (χ4v) is 3.07. The summed E-state index contributed by atoms with van der Waals surface area (Å²) >= 11 is 5.81. The monoisotopic (exact) mass is 338 g/mol. The van der Waals surface area contributed by atoms with Crippen molar-refractivity contribution in [2.24, 2.45) is 7.05 Å². The van der Waals surface area contributed by atoms with Gasteiger partial charge in [-0.05, 0) is 12.5 Å². The van der Waals surface area contributed by atoms with Crippen LogP contribution in [-0.2, 0) is 13.6 Å². The lowest BCUT2D eigenvalue weighted by Gasteiger charge is -2.28. The van der Waals surface area contributed by atoms with E-state index in [0.717, 1.165) is 5.69 Å². The van der Waals surface area contributed by atoms with Crippen LogP contribution in [0.4, 0.5) is 10.3 Å². The largest absolute Gasteiger partial charge is 0.342 e. The lowest BCUT2D eigenvalue weighted by Crippen LogP contribution is -2.39. The Bertz CT molecular complexity index is 646. The van der Waals surface area contributed by atoms with E-state index >= 15 is 0 Å². The molecule has 8 heteroatoms. The summed E-state index contributed by atoms with van der Waals surface area (Å²) in [7, 11) is 3.82. The molecular formula is C15H20ClFN6. The van der Waals surface area contributed by atoms with E-state index in [1.165, 1.54) is 0 Å². The van der Waals surface area contributed by atoms with Gasteiger partial charge in [0, 0.05) is 46.0 Å². The van der Waals surface area contributed by atoms with Crippen LogP contribution >= 0.6 is 11.6 Å². The van der Waals surface area contributed by atoms with Crippen molar-refractivity contribution in [2.45, 2.75) is 25.2 Å². The maximum atomic E-state index is 13.9. The Morgan fingerprint density at radius 1 is 1.39 bits per heavy atom.